The van der Waals surface area contributed by atoms with Gasteiger partial charge in [-0.2, -0.15) is 26.3 Å². The van der Waals surface area contributed by atoms with Gasteiger partial charge in [-0.25, -0.2) is 14.4 Å². The van der Waals surface area contributed by atoms with Gasteiger partial charge in [0.25, 0.3) is 5.91 Å². The van der Waals surface area contributed by atoms with E-state index in [2.05, 4.69) is 30.2 Å². The first-order chi connectivity index (χ1) is 19.9. The summed E-state index contributed by atoms with van der Waals surface area (Å²) in [7, 11) is 1.33. The summed E-state index contributed by atoms with van der Waals surface area (Å²) in [6.45, 7) is 2.51. The predicted molar refractivity (Wildman–Crippen MR) is 136 cm³/mol. The van der Waals surface area contributed by atoms with Crippen molar-refractivity contribution in [2.24, 2.45) is 0 Å². The maximum Gasteiger partial charge on any atom is 0.416 e. The Labute approximate surface area is 240 Å². The highest BCUT2D eigenvalue weighted by Crippen LogP contribution is 2.38. The van der Waals surface area contributed by atoms with Gasteiger partial charge < -0.3 is 30.0 Å². The normalized spacial score (nSPS) is 19.5. The van der Waals surface area contributed by atoms with Gasteiger partial charge in [-0.1, -0.05) is 11.2 Å². The van der Waals surface area contributed by atoms with E-state index in [9.17, 15) is 35.9 Å². The number of H-pyrrole nitrogens is 1. The molecule has 1 fully saturated rings. The number of nitrogens with zero attached hydrogens (tertiary/aromatic N) is 4. The maximum atomic E-state index is 13.6. The van der Waals surface area contributed by atoms with Crippen LogP contribution in [-0.2, 0) is 9.47 Å². The molecule has 3 N–H and O–H groups in total. The molecule has 1 aliphatic rings. The number of carbonyl (C=O) groups excluding carboxylic acids is 2. The fourth-order valence-corrected chi connectivity index (χ4v) is 4.34. The summed E-state index contributed by atoms with van der Waals surface area (Å²) in [4.78, 5) is 33.8. The lowest BCUT2D eigenvalue weighted by molar-refractivity contribution is -0.265. The zero-order valence-electron chi connectivity index (χ0n) is 23.6. The van der Waals surface area contributed by atoms with Gasteiger partial charge in [0.05, 0.1) is 36.8 Å². The summed E-state index contributed by atoms with van der Waals surface area (Å²) >= 11 is 0. The highest BCUT2D eigenvalue weighted by molar-refractivity contribution is 5.93. The fourth-order valence-electron chi connectivity index (χ4n) is 4.34. The van der Waals surface area contributed by atoms with Crippen LogP contribution >= 0.6 is 0 Å². The number of fused-ring (bicyclic) bond motifs is 1. The van der Waals surface area contributed by atoms with E-state index in [0.717, 1.165) is 25.7 Å². The molecule has 3 amide bonds. The molecule has 236 valence electrons. The van der Waals surface area contributed by atoms with E-state index in [4.69, 9.17) is 9.47 Å². The molecule has 0 saturated carbocycles. The molecule has 0 bridgehead atoms. The quantitative estimate of drug-likeness (QED) is 0.287. The minimum Gasteiger partial charge on any atom is -0.382 e. The van der Waals surface area contributed by atoms with Gasteiger partial charge in [-0.15, -0.1) is 0 Å². The molecule has 0 aliphatic carbocycles. The topological polar surface area (TPSA) is 147 Å². The number of alkyl halides is 6. The minimum absolute atomic E-state index is 0.0134. The Hall–Kier alpha value is -3.93. The van der Waals surface area contributed by atoms with Crippen molar-refractivity contribution < 1.29 is 50.0 Å². The van der Waals surface area contributed by atoms with Crippen LogP contribution in [0.25, 0.3) is 11.0 Å². The number of methoxy groups -OCH3 is 1. The van der Waals surface area contributed by atoms with E-state index in [1.807, 2.05) is 5.32 Å². The van der Waals surface area contributed by atoms with Crippen LogP contribution in [0.1, 0.15) is 60.4 Å². The van der Waals surface area contributed by atoms with Gasteiger partial charge in [0.1, 0.15) is 17.6 Å². The SMILES string of the molecule is COC[C@@H](c1ccc2nc([C@H](COC(C)(C)C(F)(F)F)NC(=O)c3nonc3C)[nH]c2c1)N1C[C@@](C)(C(F)(F)F)NC1=O. The standard InChI is InChI=1S/C25H29F6N7O5/c1-12-18(37-43-36-12)20(39)34-16(9-42-22(2,3)24(26,27)28)19-32-14-7-6-13(8-15(14)33-19)17(10-41-5)38-11-23(4,25(29,30)31)35-21(38)40/h6-8,16-17H,9-11H2,1-5H3,(H,32,33)(H,34,39)(H,35,40)/t16-,17-,23-/m0/s1. The monoisotopic (exact) mass is 621 g/mol. The number of amides is 3. The van der Waals surface area contributed by atoms with E-state index in [1.165, 1.54) is 32.2 Å². The first-order valence-electron chi connectivity index (χ1n) is 12.8. The van der Waals surface area contributed by atoms with Gasteiger partial charge in [-0.05, 0) is 50.5 Å². The fraction of sp³-hybridized carbons (Fsp3) is 0.560. The number of aryl methyl sites for hydroxylation is 1. The molecule has 3 atom stereocenters. The number of carbonyl (C=O) groups is 2. The first kappa shape index (κ1) is 32.0. The first-order valence-corrected chi connectivity index (χ1v) is 12.8. The lowest BCUT2D eigenvalue weighted by atomic mass is 10.0. The zero-order valence-corrected chi connectivity index (χ0v) is 23.6. The second kappa shape index (κ2) is 11.3. The molecule has 0 spiro atoms. The molecule has 1 saturated heterocycles. The van der Waals surface area contributed by atoms with Gasteiger partial charge in [0, 0.05) is 7.11 Å². The Morgan fingerprint density at radius 3 is 2.44 bits per heavy atom. The third-order valence-electron chi connectivity index (χ3n) is 7.16. The molecule has 3 aromatic rings. The lowest BCUT2D eigenvalue weighted by Gasteiger charge is -2.30. The third-order valence-corrected chi connectivity index (χ3v) is 7.16. The Kier molecular flexibility index (Phi) is 8.40. The largest absolute Gasteiger partial charge is 0.416 e. The number of hydrogen-bond acceptors (Lipinski definition) is 8. The van der Waals surface area contributed by atoms with Crippen LogP contribution < -0.4 is 10.6 Å². The van der Waals surface area contributed by atoms with Crippen LogP contribution in [0, 0.1) is 6.92 Å². The number of nitrogens with one attached hydrogen (secondary N) is 3. The van der Waals surface area contributed by atoms with Crippen LogP contribution in [0.15, 0.2) is 22.8 Å². The molecular formula is C25H29F6N7O5. The van der Waals surface area contributed by atoms with E-state index < -0.39 is 60.7 Å². The van der Waals surface area contributed by atoms with Crippen molar-refractivity contribution in [3.63, 3.8) is 0 Å². The second-order valence-corrected chi connectivity index (χ2v) is 10.8. The van der Waals surface area contributed by atoms with Gasteiger partial charge >= 0.3 is 18.4 Å². The number of halogens is 6. The average Bonchev–Trinajstić information content (AvgIpc) is 3.60. The summed E-state index contributed by atoms with van der Waals surface area (Å²) in [5, 5.41) is 11.5. The van der Waals surface area contributed by atoms with Crippen molar-refractivity contribution in [2.45, 2.75) is 63.3 Å². The van der Waals surface area contributed by atoms with Crippen LogP contribution in [0.5, 0.6) is 0 Å². The van der Waals surface area contributed by atoms with Crippen LogP contribution in [0.3, 0.4) is 0 Å². The summed E-state index contributed by atoms with van der Waals surface area (Å²) in [5.74, 6) is -0.800. The molecule has 4 rings (SSSR count). The van der Waals surface area contributed by atoms with Crippen LogP contribution in [-0.4, -0.2) is 87.5 Å². The summed E-state index contributed by atoms with van der Waals surface area (Å²) in [5.41, 5.74) is -4.08. The number of hydrogen-bond donors (Lipinski definition) is 3. The maximum absolute atomic E-state index is 13.6. The molecule has 1 aromatic carbocycles. The van der Waals surface area contributed by atoms with Crippen LogP contribution in [0.4, 0.5) is 31.1 Å². The van der Waals surface area contributed by atoms with Gasteiger partial charge in [-0.3, -0.25) is 4.79 Å². The smallest absolute Gasteiger partial charge is 0.382 e. The summed E-state index contributed by atoms with van der Waals surface area (Å²) in [6, 6.07) is 1.46. The molecule has 18 heteroatoms. The van der Waals surface area contributed by atoms with E-state index in [-0.39, 0.29) is 23.8 Å². The molecule has 3 heterocycles. The lowest BCUT2D eigenvalue weighted by Crippen LogP contribution is -2.53. The number of aromatic nitrogens is 4. The highest BCUT2D eigenvalue weighted by atomic mass is 19.4. The predicted octanol–water partition coefficient (Wildman–Crippen LogP) is 4.12. The molecule has 2 aromatic heterocycles. The number of imidazole rings is 1. The summed E-state index contributed by atoms with van der Waals surface area (Å²) < 4.78 is 96.2. The zero-order chi connectivity index (χ0) is 32.0. The number of urea groups is 1. The van der Waals surface area contributed by atoms with E-state index >= 15 is 0 Å². The molecule has 0 radical (unpaired) electrons. The second-order valence-electron chi connectivity index (χ2n) is 10.8. The third kappa shape index (κ3) is 6.39. The number of rotatable bonds is 10. The minimum atomic E-state index is -4.72. The molecule has 43 heavy (non-hydrogen) atoms. The number of benzene rings is 1. The Bertz CT molecular complexity index is 1490. The molecule has 0 unspecified atom stereocenters. The van der Waals surface area contributed by atoms with Crippen molar-refractivity contribution in [1.29, 1.82) is 0 Å². The van der Waals surface area contributed by atoms with Crippen molar-refractivity contribution in [2.75, 3.05) is 26.9 Å². The Balaban J connectivity index is 1.66. The Morgan fingerprint density at radius 2 is 1.88 bits per heavy atom. The summed E-state index contributed by atoms with van der Waals surface area (Å²) in [6.07, 6.45) is -9.43. The van der Waals surface area contributed by atoms with Gasteiger partial charge in [0.15, 0.2) is 16.8 Å². The number of ether oxygens (including phenoxy) is 2. The van der Waals surface area contributed by atoms with Crippen molar-refractivity contribution in [3.8, 4) is 0 Å². The Morgan fingerprint density at radius 1 is 1.19 bits per heavy atom. The molecular weight excluding hydrogens is 592 g/mol. The molecule has 12 nitrogen and oxygen atoms in total. The molecule has 1 aliphatic heterocycles. The number of aromatic amines is 1. The van der Waals surface area contributed by atoms with E-state index in [1.54, 1.807) is 0 Å². The highest BCUT2D eigenvalue weighted by Gasteiger charge is 2.58. The van der Waals surface area contributed by atoms with Crippen molar-refractivity contribution >= 4 is 23.0 Å². The van der Waals surface area contributed by atoms with Gasteiger partial charge in [0.2, 0.25) is 0 Å². The average molecular weight is 622 g/mol. The van der Waals surface area contributed by atoms with Crippen LogP contribution in [0.2, 0.25) is 0 Å². The van der Waals surface area contributed by atoms with E-state index in [0.29, 0.717) is 16.6 Å². The van der Waals surface area contributed by atoms with Crippen molar-refractivity contribution in [1.82, 2.24) is 35.8 Å². The van der Waals surface area contributed by atoms with Crippen molar-refractivity contribution in [3.05, 3.63) is 41.0 Å².